The molecule has 1 N–H and O–H groups in total. The van der Waals surface area contributed by atoms with Crippen LogP contribution in [0.5, 0.6) is 11.5 Å². The molecule has 0 spiro atoms. The molecule has 0 aliphatic carbocycles. The van der Waals surface area contributed by atoms with E-state index in [1.165, 1.54) is 12.1 Å². The summed E-state index contributed by atoms with van der Waals surface area (Å²) in [6.07, 6.45) is 0. The molecule has 0 saturated carbocycles. The Morgan fingerprint density at radius 2 is 1.86 bits per heavy atom. The Labute approximate surface area is 144 Å². The molecule has 1 aromatic heterocycles. The second-order valence-electron chi connectivity index (χ2n) is 4.39. The van der Waals surface area contributed by atoms with Crippen molar-refractivity contribution in [1.29, 1.82) is 0 Å². The van der Waals surface area contributed by atoms with Gasteiger partial charge in [-0.25, -0.2) is 4.98 Å². The van der Waals surface area contributed by atoms with Gasteiger partial charge in [0.15, 0.2) is 11.5 Å². The monoisotopic (exact) mass is 402 g/mol. The van der Waals surface area contributed by atoms with Gasteiger partial charge in [0.05, 0.1) is 10.7 Å². The van der Waals surface area contributed by atoms with E-state index in [2.05, 4.69) is 26.2 Å². The van der Waals surface area contributed by atoms with Crippen LogP contribution in [0.2, 0.25) is 10.2 Å². The van der Waals surface area contributed by atoms with Gasteiger partial charge < -0.3 is 14.8 Å². The number of hydrogen-bond donors (Lipinski definition) is 1. The molecule has 2 aromatic rings. The number of carbonyl (C=O) groups is 1. The third kappa shape index (κ3) is 3.14. The van der Waals surface area contributed by atoms with Crippen molar-refractivity contribution >= 4 is 50.7 Å². The topological polar surface area (TPSA) is 60.5 Å². The summed E-state index contributed by atoms with van der Waals surface area (Å²) in [6.45, 7) is 0.955. The molecule has 2 heterocycles. The molecule has 0 unspecified atom stereocenters. The number of hydrogen-bond acceptors (Lipinski definition) is 4. The van der Waals surface area contributed by atoms with Crippen LogP contribution in [0.25, 0.3) is 0 Å². The van der Waals surface area contributed by atoms with Crippen molar-refractivity contribution in [2.24, 2.45) is 0 Å². The minimum absolute atomic E-state index is 0.0518. The summed E-state index contributed by atoms with van der Waals surface area (Å²) in [5.41, 5.74) is 0.572. The maximum Gasteiger partial charge on any atom is 0.275 e. The van der Waals surface area contributed by atoms with Crippen LogP contribution in [-0.4, -0.2) is 24.1 Å². The molecule has 8 heteroatoms. The van der Waals surface area contributed by atoms with E-state index in [1.54, 1.807) is 12.1 Å². The normalized spacial score (nSPS) is 12.9. The molecular formula is C14H9BrCl2N2O3. The van der Waals surface area contributed by atoms with E-state index in [1.807, 2.05) is 0 Å². The number of rotatable bonds is 2. The van der Waals surface area contributed by atoms with Crippen molar-refractivity contribution in [3.63, 3.8) is 0 Å². The van der Waals surface area contributed by atoms with Crippen LogP contribution in [0.3, 0.4) is 0 Å². The van der Waals surface area contributed by atoms with Gasteiger partial charge in [0, 0.05) is 16.6 Å². The first-order chi connectivity index (χ1) is 10.5. The predicted molar refractivity (Wildman–Crippen MR) is 87.3 cm³/mol. The molecule has 0 radical (unpaired) electrons. The van der Waals surface area contributed by atoms with Crippen LogP contribution in [0.15, 0.2) is 28.7 Å². The minimum Gasteiger partial charge on any atom is -0.486 e. The molecule has 0 fully saturated rings. The van der Waals surface area contributed by atoms with Crippen LogP contribution in [0.1, 0.15) is 10.5 Å². The first kappa shape index (κ1) is 15.4. The summed E-state index contributed by atoms with van der Waals surface area (Å²) in [7, 11) is 0. The number of fused-ring (bicyclic) bond motifs is 1. The van der Waals surface area contributed by atoms with Crippen molar-refractivity contribution in [2.45, 2.75) is 0 Å². The van der Waals surface area contributed by atoms with Gasteiger partial charge in [0.25, 0.3) is 5.91 Å². The molecule has 3 rings (SSSR count). The number of aromatic nitrogens is 1. The Bertz CT molecular complexity index is 755. The summed E-state index contributed by atoms with van der Waals surface area (Å²) in [5, 5.41) is 3.13. The Morgan fingerprint density at radius 3 is 2.59 bits per heavy atom. The maximum absolute atomic E-state index is 12.3. The number of ether oxygens (including phenoxy) is 2. The van der Waals surface area contributed by atoms with Crippen molar-refractivity contribution in [2.75, 3.05) is 18.5 Å². The van der Waals surface area contributed by atoms with Gasteiger partial charge in [-0.15, -0.1) is 0 Å². The molecule has 0 saturated heterocycles. The van der Waals surface area contributed by atoms with Gasteiger partial charge >= 0.3 is 0 Å². The fourth-order valence-corrected chi connectivity index (χ4v) is 2.68. The smallest absolute Gasteiger partial charge is 0.275 e. The van der Waals surface area contributed by atoms with Gasteiger partial charge in [-0.1, -0.05) is 23.2 Å². The zero-order chi connectivity index (χ0) is 15.7. The van der Waals surface area contributed by atoms with E-state index < -0.39 is 5.91 Å². The van der Waals surface area contributed by atoms with Gasteiger partial charge in [0.1, 0.15) is 24.1 Å². The van der Waals surface area contributed by atoms with E-state index in [-0.39, 0.29) is 15.9 Å². The SMILES string of the molecule is O=C(Nc1cc2c(cc1Br)OCCO2)c1nc(Cl)ccc1Cl. The fourth-order valence-electron chi connectivity index (χ4n) is 1.92. The quantitative estimate of drug-likeness (QED) is 0.764. The second kappa shape index (κ2) is 6.32. The number of carbonyl (C=O) groups excluding carboxylic acids is 1. The summed E-state index contributed by atoms with van der Waals surface area (Å²) < 4.78 is 11.6. The summed E-state index contributed by atoms with van der Waals surface area (Å²) in [5.74, 6) is 0.717. The number of benzene rings is 1. The lowest BCUT2D eigenvalue weighted by molar-refractivity contribution is 0.102. The Balaban J connectivity index is 1.89. The van der Waals surface area contributed by atoms with Crippen LogP contribution in [-0.2, 0) is 0 Å². The summed E-state index contributed by atoms with van der Waals surface area (Å²) >= 11 is 15.1. The van der Waals surface area contributed by atoms with Crippen molar-refractivity contribution in [3.05, 3.63) is 44.6 Å². The summed E-state index contributed by atoms with van der Waals surface area (Å²) in [6, 6.07) is 6.44. The maximum atomic E-state index is 12.3. The predicted octanol–water partition coefficient (Wildman–Crippen LogP) is 4.17. The van der Waals surface area contributed by atoms with Crippen molar-refractivity contribution < 1.29 is 14.3 Å². The van der Waals surface area contributed by atoms with Gasteiger partial charge in [-0.3, -0.25) is 4.79 Å². The highest BCUT2D eigenvalue weighted by molar-refractivity contribution is 9.10. The van der Waals surface area contributed by atoms with Crippen LogP contribution < -0.4 is 14.8 Å². The molecule has 0 bridgehead atoms. The Hall–Kier alpha value is -1.50. The first-order valence-electron chi connectivity index (χ1n) is 6.27. The minimum atomic E-state index is -0.468. The average molecular weight is 404 g/mol. The van der Waals surface area contributed by atoms with Crippen LogP contribution in [0.4, 0.5) is 5.69 Å². The third-order valence-corrected chi connectivity index (χ3v) is 4.08. The lowest BCUT2D eigenvalue weighted by Crippen LogP contribution is -2.17. The van der Waals surface area contributed by atoms with Crippen molar-refractivity contribution in [1.82, 2.24) is 4.98 Å². The average Bonchev–Trinajstić information content (AvgIpc) is 2.50. The standard InChI is InChI=1S/C14H9BrCl2N2O3/c15-7-5-10-11(22-4-3-21-10)6-9(7)18-14(20)13-8(16)1-2-12(17)19-13/h1-2,5-6H,3-4H2,(H,18,20). The number of pyridine rings is 1. The molecule has 22 heavy (non-hydrogen) atoms. The van der Waals surface area contributed by atoms with E-state index in [0.29, 0.717) is 34.9 Å². The van der Waals surface area contributed by atoms with Crippen LogP contribution in [0, 0.1) is 0 Å². The van der Waals surface area contributed by atoms with Gasteiger partial charge in [0.2, 0.25) is 0 Å². The van der Waals surface area contributed by atoms with Crippen molar-refractivity contribution in [3.8, 4) is 11.5 Å². The second-order valence-corrected chi connectivity index (χ2v) is 6.04. The highest BCUT2D eigenvalue weighted by Gasteiger charge is 2.18. The zero-order valence-corrected chi connectivity index (χ0v) is 14.1. The molecule has 114 valence electrons. The third-order valence-electron chi connectivity index (χ3n) is 2.91. The molecular weight excluding hydrogens is 395 g/mol. The molecule has 0 atom stereocenters. The number of halogens is 3. The van der Waals surface area contributed by atoms with E-state index in [9.17, 15) is 4.79 Å². The van der Waals surface area contributed by atoms with Gasteiger partial charge in [-0.2, -0.15) is 0 Å². The van der Waals surface area contributed by atoms with E-state index in [4.69, 9.17) is 32.7 Å². The number of anilines is 1. The molecule has 1 aliphatic heterocycles. The lowest BCUT2D eigenvalue weighted by atomic mass is 10.2. The Morgan fingerprint density at radius 1 is 1.18 bits per heavy atom. The molecule has 1 amide bonds. The molecule has 5 nitrogen and oxygen atoms in total. The highest BCUT2D eigenvalue weighted by atomic mass is 79.9. The number of nitrogens with one attached hydrogen (secondary N) is 1. The molecule has 1 aliphatic rings. The first-order valence-corrected chi connectivity index (χ1v) is 7.82. The fraction of sp³-hybridized carbons (Fsp3) is 0.143. The zero-order valence-electron chi connectivity index (χ0n) is 11.0. The molecule has 1 aromatic carbocycles. The van der Waals surface area contributed by atoms with Crippen LogP contribution >= 0.6 is 39.1 Å². The largest absolute Gasteiger partial charge is 0.486 e. The summed E-state index contributed by atoms with van der Waals surface area (Å²) in [4.78, 5) is 16.2. The lowest BCUT2D eigenvalue weighted by Gasteiger charge is -2.20. The van der Waals surface area contributed by atoms with Gasteiger partial charge in [-0.05, 0) is 28.1 Å². The highest BCUT2D eigenvalue weighted by Crippen LogP contribution is 2.38. The number of nitrogens with zero attached hydrogens (tertiary/aromatic N) is 1. The van der Waals surface area contributed by atoms with E-state index >= 15 is 0 Å². The Kier molecular flexibility index (Phi) is 4.42. The number of amides is 1. The van der Waals surface area contributed by atoms with E-state index in [0.717, 1.165) is 0 Å².